The van der Waals surface area contributed by atoms with Crippen LogP contribution in [0.2, 0.25) is 0 Å². The Morgan fingerprint density at radius 2 is 1.65 bits per heavy atom. The van der Waals surface area contributed by atoms with Gasteiger partial charge in [0, 0.05) is 0 Å². The molecule has 3 rings (SSSR count). The normalized spacial score (nSPS) is 11.8. The number of hydrogen-bond donors (Lipinski definition) is 1. The quantitative estimate of drug-likeness (QED) is 0.653. The van der Waals surface area contributed by atoms with Gasteiger partial charge < -0.3 is 14.8 Å². The van der Waals surface area contributed by atoms with Crippen LogP contribution in [0.1, 0.15) is 12.5 Å². The van der Waals surface area contributed by atoms with E-state index in [1.165, 1.54) is 5.39 Å². The maximum atomic E-state index is 12.1. The molecule has 0 heterocycles. The molecule has 4 nitrogen and oxygen atoms in total. The zero-order valence-electron chi connectivity index (χ0n) is 15.1. The molecule has 0 aliphatic rings. The van der Waals surface area contributed by atoms with E-state index in [0.717, 1.165) is 16.7 Å². The van der Waals surface area contributed by atoms with Crippen molar-refractivity contribution in [3.8, 4) is 11.5 Å². The minimum absolute atomic E-state index is 0.160. The Balaban J connectivity index is 1.43. The monoisotopic (exact) mass is 349 g/mol. The van der Waals surface area contributed by atoms with Gasteiger partial charge in [-0.2, -0.15) is 0 Å². The van der Waals surface area contributed by atoms with Crippen LogP contribution in [-0.4, -0.2) is 25.2 Å². The van der Waals surface area contributed by atoms with Crippen molar-refractivity contribution < 1.29 is 14.3 Å². The molecule has 1 N–H and O–H groups in total. The van der Waals surface area contributed by atoms with E-state index >= 15 is 0 Å². The van der Waals surface area contributed by atoms with Gasteiger partial charge >= 0.3 is 0 Å². The molecule has 0 aromatic heterocycles. The van der Waals surface area contributed by atoms with Crippen LogP contribution in [0.3, 0.4) is 0 Å². The third-order valence-corrected chi connectivity index (χ3v) is 4.09. The van der Waals surface area contributed by atoms with Gasteiger partial charge in [-0.3, -0.25) is 4.79 Å². The lowest BCUT2D eigenvalue weighted by atomic mass is 10.1. The molecule has 0 saturated heterocycles. The van der Waals surface area contributed by atoms with E-state index in [9.17, 15) is 4.79 Å². The first kappa shape index (κ1) is 17.8. The summed E-state index contributed by atoms with van der Waals surface area (Å²) in [5.74, 6) is 1.32. The van der Waals surface area contributed by atoms with E-state index in [-0.39, 0.29) is 5.91 Å². The van der Waals surface area contributed by atoms with Crippen molar-refractivity contribution in [1.82, 2.24) is 5.32 Å². The van der Waals surface area contributed by atoms with Gasteiger partial charge in [0.2, 0.25) is 0 Å². The summed E-state index contributed by atoms with van der Waals surface area (Å²) < 4.78 is 11.4. The number of carbonyl (C=O) groups is 1. The highest BCUT2D eigenvalue weighted by molar-refractivity contribution is 5.83. The van der Waals surface area contributed by atoms with E-state index in [1.54, 1.807) is 6.92 Å². The Hall–Kier alpha value is -3.01. The number of fused-ring (bicyclic) bond motifs is 1. The number of hydrogen-bond acceptors (Lipinski definition) is 3. The summed E-state index contributed by atoms with van der Waals surface area (Å²) in [6.45, 7) is 4.57. The second kappa shape index (κ2) is 8.39. The molecular formula is C22H23NO3. The summed E-state index contributed by atoms with van der Waals surface area (Å²) >= 11 is 0. The standard InChI is InChI=1S/C22H23NO3/c1-16-7-10-20(11-8-16)26-17(2)22(24)23-13-14-25-21-12-9-18-5-3-4-6-19(18)15-21/h3-12,15,17H,13-14H2,1-2H3,(H,23,24). The fraction of sp³-hybridized carbons (Fsp3) is 0.227. The molecule has 134 valence electrons. The van der Waals surface area contributed by atoms with Crippen molar-refractivity contribution in [2.24, 2.45) is 0 Å². The van der Waals surface area contributed by atoms with Crippen molar-refractivity contribution in [1.29, 1.82) is 0 Å². The molecule has 0 radical (unpaired) electrons. The Morgan fingerprint density at radius 3 is 2.42 bits per heavy atom. The van der Waals surface area contributed by atoms with Crippen LogP contribution in [0.15, 0.2) is 66.7 Å². The number of amides is 1. The molecule has 26 heavy (non-hydrogen) atoms. The summed E-state index contributed by atoms with van der Waals surface area (Å²) in [6.07, 6.45) is -0.557. The first-order valence-electron chi connectivity index (χ1n) is 8.74. The Labute approximate surface area is 153 Å². The van der Waals surface area contributed by atoms with Crippen LogP contribution in [0, 0.1) is 6.92 Å². The molecule has 1 amide bonds. The van der Waals surface area contributed by atoms with Gasteiger partial charge in [0.15, 0.2) is 6.10 Å². The average molecular weight is 349 g/mol. The molecule has 0 spiro atoms. The molecule has 4 heteroatoms. The first-order chi connectivity index (χ1) is 12.6. The van der Waals surface area contributed by atoms with Gasteiger partial charge in [0.25, 0.3) is 5.91 Å². The van der Waals surface area contributed by atoms with Crippen LogP contribution >= 0.6 is 0 Å². The SMILES string of the molecule is Cc1ccc(OC(C)C(=O)NCCOc2ccc3ccccc3c2)cc1. The van der Waals surface area contributed by atoms with Crippen LogP contribution < -0.4 is 14.8 Å². The Bertz CT molecular complexity index is 874. The summed E-state index contributed by atoms with van der Waals surface area (Å²) in [6, 6.07) is 21.7. The second-order valence-corrected chi connectivity index (χ2v) is 6.22. The summed E-state index contributed by atoms with van der Waals surface area (Å²) in [5, 5.41) is 5.14. The summed E-state index contributed by atoms with van der Waals surface area (Å²) in [7, 11) is 0. The highest BCUT2D eigenvalue weighted by atomic mass is 16.5. The molecule has 1 atom stereocenters. The second-order valence-electron chi connectivity index (χ2n) is 6.22. The fourth-order valence-corrected chi connectivity index (χ4v) is 2.62. The van der Waals surface area contributed by atoms with Gasteiger partial charge in [-0.15, -0.1) is 0 Å². The zero-order chi connectivity index (χ0) is 18.4. The number of rotatable bonds is 7. The first-order valence-corrected chi connectivity index (χ1v) is 8.74. The van der Waals surface area contributed by atoms with Crippen molar-refractivity contribution in [3.05, 3.63) is 72.3 Å². The van der Waals surface area contributed by atoms with Crippen LogP contribution in [0.4, 0.5) is 0 Å². The van der Waals surface area contributed by atoms with Gasteiger partial charge in [-0.05, 0) is 48.9 Å². The van der Waals surface area contributed by atoms with Crippen molar-refractivity contribution in [2.45, 2.75) is 20.0 Å². The maximum Gasteiger partial charge on any atom is 0.260 e. The molecule has 0 aliphatic carbocycles. The highest BCUT2D eigenvalue weighted by Crippen LogP contribution is 2.20. The number of nitrogens with one attached hydrogen (secondary N) is 1. The van der Waals surface area contributed by atoms with Gasteiger partial charge in [-0.1, -0.05) is 48.0 Å². The van der Waals surface area contributed by atoms with E-state index < -0.39 is 6.10 Å². The molecule has 1 unspecified atom stereocenters. The summed E-state index contributed by atoms with van der Waals surface area (Å²) in [4.78, 5) is 12.1. The lowest BCUT2D eigenvalue weighted by molar-refractivity contribution is -0.127. The van der Waals surface area contributed by atoms with Crippen LogP contribution in [0.25, 0.3) is 10.8 Å². The van der Waals surface area contributed by atoms with Crippen LogP contribution in [0.5, 0.6) is 11.5 Å². The van der Waals surface area contributed by atoms with E-state index in [1.807, 2.05) is 67.6 Å². The third-order valence-electron chi connectivity index (χ3n) is 4.09. The molecular weight excluding hydrogens is 326 g/mol. The molecule has 3 aromatic rings. The lowest BCUT2D eigenvalue weighted by Crippen LogP contribution is -2.38. The number of ether oxygens (including phenoxy) is 2. The smallest absolute Gasteiger partial charge is 0.260 e. The van der Waals surface area contributed by atoms with E-state index in [4.69, 9.17) is 9.47 Å². The van der Waals surface area contributed by atoms with Gasteiger partial charge in [0.05, 0.1) is 6.54 Å². The van der Waals surface area contributed by atoms with Gasteiger partial charge in [-0.25, -0.2) is 0 Å². The largest absolute Gasteiger partial charge is 0.492 e. The van der Waals surface area contributed by atoms with Crippen LogP contribution in [-0.2, 0) is 4.79 Å². The van der Waals surface area contributed by atoms with E-state index in [2.05, 4.69) is 11.4 Å². The number of aryl methyl sites for hydroxylation is 1. The summed E-state index contributed by atoms with van der Waals surface area (Å²) in [5.41, 5.74) is 1.15. The van der Waals surface area contributed by atoms with Gasteiger partial charge in [0.1, 0.15) is 18.1 Å². The predicted octanol–water partition coefficient (Wildman–Crippen LogP) is 4.11. The fourth-order valence-electron chi connectivity index (χ4n) is 2.62. The maximum absolute atomic E-state index is 12.1. The topological polar surface area (TPSA) is 47.6 Å². The molecule has 0 saturated carbocycles. The number of benzene rings is 3. The number of carbonyl (C=O) groups excluding carboxylic acids is 1. The Kier molecular flexibility index (Phi) is 5.74. The lowest BCUT2D eigenvalue weighted by Gasteiger charge is -2.15. The molecule has 3 aromatic carbocycles. The average Bonchev–Trinajstić information content (AvgIpc) is 2.66. The highest BCUT2D eigenvalue weighted by Gasteiger charge is 2.13. The minimum atomic E-state index is -0.557. The van der Waals surface area contributed by atoms with Crippen molar-refractivity contribution >= 4 is 16.7 Å². The van der Waals surface area contributed by atoms with Crippen molar-refractivity contribution in [3.63, 3.8) is 0 Å². The molecule has 0 bridgehead atoms. The Morgan fingerprint density at radius 1 is 0.962 bits per heavy atom. The third kappa shape index (κ3) is 4.76. The van der Waals surface area contributed by atoms with E-state index in [0.29, 0.717) is 18.9 Å². The minimum Gasteiger partial charge on any atom is -0.492 e. The molecule has 0 fully saturated rings. The van der Waals surface area contributed by atoms with Crippen molar-refractivity contribution in [2.75, 3.05) is 13.2 Å². The zero-order valence-corrected chi connectivity index (χ0v) is 15.1. The molecule has 0 aliphatic heterocycles. The predicted molar refractivity (Wildman–Crippen MR) is 104 cm³/mol.